The lowest BCUT2D eigenvalue weighted by Crippen LogP contribution is -2.44. The lowest BCUT2D eigenvalue weighted by molar-refractivity contribution is 0.144. The summed E-state index contributed by atoms with van der Waals surface area (Å²) in [6.07, 6.45) is 3.22. The van der Waals surface area contributed by atoms with Crippen molar-refractivity contribution in [1.29, 1.82) is 0 Å². The van der Waals surface area contributed by atoms with Gasteiger partial charge in [-0.1, -0.05) is 0 Å². The van der Waals surface area contributed by atoms with E-state index in [0.29, 0.717) is 35.4 Å². The van der Waals surface area contributed by atoms with Gasteiger partial charge in [-0.15, -0.1) is 0 Å². The predicted octanol–water partition coefficient (Wildman–Crippen LogP) is 2.16. The molecule has 2 aliphatic rings. The summed E-state index contributed by atoms with van der Waals surface area (Å²) in [4.78, 5) is 26.9. The Hall–Kier alpha value is -3.37. The minimum Gasteiger partial charge on any atom is -0.354 e. The van der Waals surface area contributed by atoms with Gasteiger partial charge in [0.1, 0.15) is 23.5 Å². The van der Waals surface area contributed by atoms with E-state index in [1.54, 1.807) is 12.3 Å². The molecule has 11 heteroatoms. The molecule has 2 fully saturated rings. The third-order valence-electron chi connectivity index (χ3n) is 5.28. The van der Waals surface area contributed by atoms with Crippen LogP contribution >= 0.6 is 0 Å². The van der Waals surface area contributed by atoms with Gasteiger partial charge in [0.2, 0.25) is 0 Å². The maximum absolute atomic E-state index is 13.0. The summed E-state index contributed by atoms with van der Waals surface area (Å²) in [7, 11) is 0. The van der Waals surface area contributed by atoms with E-state index >= 15 is 0 Å². The molecule has 156 valence electrons. The standard InChI is InChI=1S/C19H20F2N8O/c20-18(21)13-3-4-16-22-8-15(29(16)27-13)14-7-17(24-10-23-14)28-6-5-12(9-28)26-19(30)25-11-1-2-11/h3-4,7-8,10-12,18H,1-2,5-6,9H2,(H2,25,26,30). The monoisotopic (exact) mass is 414 g/mol. The Bertz CT molecular complexity index is 1080. The van der Waals surface area contributed by atoms with E-state index in [4.69, 9.17) is 0 Å². The van der Waals surface area contributed by atoms with Gasteiger partial charge in [0.15, 0.2) is 5.65 Å². The Kier molecular flexibility index (Phi) is 4.64. The molecule has 3 aromatic heterocycles. The molecular formula is C19H20F2N8O. The normalized spacial score (nSPS) is 18.9. The molecule has 1 atom stereocenters. The minimum absolute atomic E-state index is 0.0354. The number of urea groups is 1. The zero-order valence-corrected chi connectivity index (χ0v) is 16.0. The summed E-state index contributed by atoms with van der Waals surface area (Å²) in [5, 5.41) is 9.92. The van der Waals surface area contributed by atoms with Crippen LogP contribution in [0, 0.1) is 0 Å². The maximum Gasteiger partial charge on any atom is 0.315 e. The topological polar surface area (TPSA) is 100 Å². The van der Waals surface area contributed by atoms with E-state index in [0.717, 1.165) is 25.8 Å². The van der Waals surface area contributed by atoms with E-state index in [1.807, 2.05) is 0 Å². The van der Waals surface area contributed by atoms with Gasteiger partial charge in [-0.2, -0.15) is 5.10 Å². The Morgan fingerprint density at radius 2 is 1.93 bits per heavy atom. The van der Waals surface area contributed by atoms with Crippen molar-refractivity contribution in [2.45, 2.75) is 37.8 Å². The van der Waals surface area contributed by atoms with Gasteiger partial charge in [0.05, 0.1) is 11.9 Å². The second kappa shape index (κ2) is 7.47. The Balaban J connectivity index is 1.34. The van der Waals surface area contributed by atoms with Crippen molar-refractivity contribution < 1.29 is 13.6 Å². The van der Waals surface area contributed by atoms with Crippen LogP contribution in [-0.2, 0) is 0 Å². The Morgan fingerprint density at radius 1 is 1.10 bits per heavy atom. The van der Waals surface area contributed by atoms with E-state index < -0.39 is 6.43 Å². The van der Waals surface area contributed by atoms with Crippen molar-refractivity contribution in [3.05, 3.63) is 36.4 Å². The van der Waals surface area contributed by atoms with Gasteiger partial charge in [0, 0.05) is 31.2 Å². The number of aromatic nitrogens is 5. The van der Waals surface area contributed by atoms with E-state index in [9.17, 15) is 13.6 Å². The number of amides is 2. The fourth-order valence-electron chi connectivity index (χ4n) is 3.56. The number of nitrogens with one attached hydrogen (secondary N) is 2. The molecule has 30 heavy (non-hydrogen) atoms. The summed E-state index contributed by atoms with van der Waals surface area (Å²) in [5.74, 6) is 0.701. The zero-order valence-electron chi connectivity index (χ0n) is 16.0. The third kappa shape index (κ3) is 3.74. The zero-order chi connectivity index (χ0) is 20.7. The number of alkyl halides is 2. The van der Waals surface area contributed by atoms with Crippen LogP contribution in [-0.4, -0.2) is 55.8 Å². The van der Waals surface area contributed by atoms with Crippen LogP contribution in [0.25, 0.3) is 17.0 Å². The van der Waals surface area contributed by atoms with Gasteiger partial charge in [-0.05, 0) is 31.4 Å². The van der Waals surface area contributed by atoms with Crippen molar-refractivity contribution in [3.8, 4) is 11.4 Å². The second-order valence-electron chi connectivity index (χ2n) is 7.56. The lowest BCUT2D eigenvalue weighted by atomic mass is 10.3. The molecule has 9 nitrogen and oxygen atoms in total. The molecule has 1 aliphatic heterocycles. The molecule has 1 saturated carbocycles. The van der Waals surface area contributed by atoms with Gasteiger partial charge in [-0.3, -0.25) is 0 Å². The summed E-state index contributed by atoms with van der Waals surface area (Å²) in [6, 6.07) is 4.78. The van der Waals surface area contributed by atoms with Crippen LogP contribution in [0.1, 0.15) is 31.4 Å². The number of rotatable bonds is 5. The van der Waals surface area contributed by atoms with Crippen molar-refractivity contribution >= 4 is 17.5 Å². The Morgan fingerprint density at radius 3 is 2.73 bits per heavy atom. The molecule has 5 rings (SSSR count). The van der Waals surface area contributed by atoms with Crippen LogP contribution in [0.15, 0.2) is 30.7 Å². The van der Waals surface area contributed by atoms with Crippen molar-refractivity contribution in [2.75, 3.05) is 18.0 Å². The predicted molar refractivity (Wildman–Crippen MR) is 104 cm³/mol. The highest BCUT2D eigenvalue weighted by Crippen LogP contribution is 2.25. The number of hydrogen-bond donors (Lipinski definition) is 2. The number of carbonyl (C=O) groups is 1. The average molecular weight is 414 g/mol. The van der Waals surface area contributed by atoms with Gasteiger partial charge in [-0.25, -0.2) is 33.0 Å². The summed E-state index contributed by atoms with van der Waals surface area (Å²) < 4.78 is 27.4. The highest BCUT2D eigenvalue weighted by Gasteiger charge is 2.28. The molecule has 1 aliphatic carbocycles. The number of fused-ring (bicyclic) bond motifs is 1. The van der Waals surface area contributed by atoms with Crippen LogP contribution in [0.4, 0.5) is 19.4 Å². The van der Waals surface area contributed by atoms with E-state index in [-0.39, 0.29) is 17.8 Å². The van der Waals surface area contributed by atoms with Crippen LogP contribution in [0.3, 0.4) is 0 Å². The number of imidazole rings is 1. The first-order valence-electron chi connectivity index (χ1n) is 9.84. The smallest absolute Gasteiger partial charge is 0.315 e. The first-order valence-corrected chi connectivity index (χ1v) is 9.84. The van der Waals surface area contributed by atoms with Crippen LogP contribution in [0.2, 0.25) is 0 Å². The minimum atomic E-state index is -2.67. The fraction of sp³-hybridized carbons (Fsp3) is 0.421. The third-order valence-corrected chi connectivity index (χ3v) is 5.28. The highest BCUT2D eigenvalue weighted by atomic mass is 19.3. The highest BCUT2D eigenvalue weighted by molar-refractivity contribution is 5.75. The largest absolute Gasteiger partial charge is 0.354 e. The number of carbonyl (C=O) groups excluding carboxylic acids is 1. The summed E-state index contributed by atoms with van der Waals surface area (Å²) in [5.41, 5.74) is 1.18. The fourth-order valence-corrected chi connectivity index (χ4v) is 3.56. The Labute approximate surface area is 170 Å². The van der Waals surface area contributed by atoms with Crippen molar-refractivity contribution in [3.63, 3.8) is 0 Å². The SMILES string of the molecule is O=C(NC1CC1)NC1CCN(c2cc(-c3cnc4ccc(C(F)F)nn34)ncn2)C1. The number of nitrogens with zero attached hydrogens (tertiary/aromatic N) is 6. The summed E-state index contributed by atoms with van der Waals surface area (Å²) >= 11 is 0. The molecule has 1 saturated heterocycles. The lowest BCUT2D eigenvalue weighted by Gasteiger charge is -2.18. The van der Waals surface area contributed by atoms with E-state index in [1.165, 1.54) is 23.0 Å². The molecular weight excluding hydrogens is 394 g/mol. The van der Waals surface area contributed by atoms with Gasteiger partial charge in [0.25, 0.3) is 6.43 Å². The molecule has 3 aromatic rings. The maximum atomic E-state index is 13.0. The van der Waals surface area contributed by atoms with Crippen LogP contribution in [0.5, 0.6) is 0 Å². The number of anilines is 1. The molecule has 0 bridgehead atoms. The number of halogens is 2. The average Bonchev–Trinajstić information content (AvgIpc) is 3.26. The van der Waals surface area contributed by atoms with E-state index in [2.05, 4.69) is 35.6 Å². The summed E-state index contributed by atoms with van der Waals surface area (Å²) in [6.45, 7) is 1.38. The van der Waals surface area contributed by atoms with Gasteiger partial charge < -0.3 is 15.5 Å². The molecule has 1 unspecified atom stereocenters. The van der Waals surface area contributed by atoms with Crippen molar-refractivity contribution in [1.82, 2.24) is 35.2 Å². The first-order chi connectivity index (χ1) is 14.6. The van der Waals surface area contributed by atoms with Crippen LogP contribution < -0.4 is 15.5 Å². The molecule has 2 N–H and O–H groups in total. The molecule has 2 amide bonds. The van der Waals surface area contributed by atoms with Crippen molar-refractivity contribution in [2.24, 2.45) is 0 Å². The molecule has 0 radical (unpaired) electrons. The second-order valence-corrected chi connectivity index (χ2v) is 7.56. The first kappa shape index (κ1) is 18.6. The quantitative estimate of drug-likeness (QED) is 0.664. The van der Waals surface area contributed by atoms with Gasteiger partial charge >= 0.3 is 6.03 Å². The molecule has 4 heterocycles. The number of hydrogen-bond acceptors (Lipinski definition) is 6. The molecule has 0 aromatic carbocycles. The molecule has 0 spiro atoms.